The molecular formula is C9H12N4S2. The summed E-state index contributed by atoms with van der Waals surface area (Å²) < 4.78 is 0. The smallest absolute Gasteiger partial charge is 0.185 e. The third kappa shape index (κ3) is 2.10. The number of rotatable bonds is 3. The molecule has 0 unspecified atom stereocenters. The van der Waals surface area contributed by atoms with Crippen LogP contribution in [0.3, 0.4) is 0 Å². The Bertz CT molecular complexity index is 446. The van der Waals surface area contributed by atoms with E-state index in [9.17, 15) is 0 Å². The van der Waals surface area contributed by atoms with Crippen LogP contribution in [0.2, 0.25) is 0 Å². The zero-order chi connectivity index (χ0) is 10.8. The minimum atomic E-state index is 0.935. The largest absolute Gasteiger partial charge is 0.365 e. The van der Waals surface area contributed by atoms with Gasteiger partial charge in [-0.2, -0.15) is 0 Å². The molecular weight excluding hydrogens is 228 g/mol. The van der Waals surface area contributed by atoms with Crippen LogP contribution in [0.1, 0.15) is 0 Å². The van der Waals surface area contributed by atoms with E-state index in [0.29, 0.717) is 0 Å². The first-order valence-electron chi connectivity index (χ1n) is 4.47. The highest BCUT2D eigenvalue weighted by atomic mass is 32.1. The molecule has 0 atom stereocenters. The molecule has 2 aromatic rings. The maximum absolute atomic E-state index is 4.43. The SMILES string of the molecule is CNc1nc(-c2cnc(N(C)C)s2)cs1. The Hall–Kier alpha value is -1.14. The fourth-order valence-corrected chi connectivity index (χ4v) is 2.64. The predicted molar refractivity (Wildman–Crippen MR) is 67.1 cm³/mol. The zero-order valence-corrected chi connectivity index (χ0v) is 10.4. The van der Waals surface area contributed by atoms with Gasteiger partial charge in [0.25, 0.3) is 0 Å². The van der Waals surface area contributed by atoms with Crippen molar-refractivity contribution < 1.29 is 0 Å². The van der Waals surface area contributed by atoms with Gasteiger partial charge < -0.3 is 10.2 Å². The summed E-state index contributed by atoms with van der Waals surface area (Å²) in [7, 11) is 5.85. The lowest BCUT2D eigenvalue weighted by molar-refractivity contribution is 1.10. The topological polar surface area (TPSA) is 41.1 Å². The van der Waals surface area contributed by atoms with Crippen molar-refractivity contribution in [3.05, 3.63) is 11.6 Å². The second kappa shape index (κ2) is 4.16. The molecule has 0 radical (unpaired) electrons. The van der Waals surface area contributed by atoms with E-state index in [2.05, 4.69) is 15.3 Å². The summed E-state index contributed by atoms with van der Waals surface area (Å²) in [6, 6.07) is 0. The molecule has 0 saturated heterocycles. The minimum Gasteiger partial charge on any atom is -0.365 e. The average molecular weight is 240 g/mol. The van der Waals surface area contributed by atoms with Crippen molar-refractivity contribution in [2.45, 2.75) is 0 Å². The molecule has 0 aromatic carbocycles. The minimum absolute atomic E-state index is 0.935. The second-order valence-electron chi connectivity index (χ2n) is 3.19. The van der Waals surface area contributed by atoms with Gasteiger partial charge in [-0.3, -0.25) is 0 Å². The summed E-state index contributed by atoms with van der Waals surface area (Å²) in [6.07, 6.45) is 1.87. The van der Waals surface area contributed by atoms with Crippen LogP contribution in [0.5, 0.6) is 0 Å². The molecule has 0 bridgehead atoms. The number of thiazole rings is 2. The van der Waals surface area contributed by atoms with Gasteiger partial charge in [0.15, 0.2) is 10.3 Å². The van der Waals surface area contributed by atoms with E-state index in [0.717, 1.165) is 20.8 Å². The van der Waals surface area contributed by atoms with Crippen LogP contribution in [-0.2, 0) is 0 Å². The van der Waals surface area contributed by atoms with Crippen LogP contribution >= 0.6 is 22.7 Å². The molecule has 0 fully saturated rings. The third-order valence-corrected chi connectivity index (χ3v) is 3.89. The predicted octanol–water partition coefficient (Wildman–Crippen LogP) is 2.37. The van der Waals surface area contributed by atoms with Gasteiger partial charge in [0.05, 0.1) is 10.6 Å². The molecule has 4 nitrogen and oxygen atoms in total. The Morgan fingerprint density at radius 3 is 2.73 bits per heavy atom. The molecule has 0 amide bonds. The number of hydrogen-bond acceptors (Lipinski definition) is 6. The van der Waals surface area contributed by atoms with Gasteiger partial charge in [-0.1, -0.05) is 11.3 Å². The fourth-order valence-electron chi connectivity index (χ4n) is 1.09. The highest BCUT2D eigenvalue weighted by Gasteiger charge is 2.08. The van der Waals surface area contributed by atoms with Gasteiger partial charge in [-0.25, -0.2) is 9.97 Å². The van der Waals surface area contributed by atoms with E-state index in [1.165, 1.54) is 0 Å². The molecule has 15 heavy (non-hydrogen) atoms. The maximum Gasteiger partial charge on any atom is 0.185 e. The van der Waals surface area contributed by atoms with E-state index < -0.39 is 0 Å². The van der Waals surface area contributed by atoms with Gasteiger partial charge in [0, 0.05) is 32.7 Å². The van der Waals surface area contributed by atoms with Crippen LogP contribution in [0, 0.1) is 0 Å². The monoisotopic (exact) mass is 240 g/mol. The van der Waals surface area contributed by atoms with Crippen LogP contribution in [0.4, 0.5) is 10.3 Å². The summed E-state index contributed by atoms with van der Waals surface area (Å²) in [5.41, 5.74) is 0.995. The maximum atomic E-state index is 4.43. The first-order valence-corrected chi connectivity index (χ1v) is 6.17. The Kier molecular flexibility index (Phi) is 2.88. The Morgan fingerprint density at radius 1 is 1.40 bits per heavy atom. The van der Waals surface area contributed by atoms with E-state index in [4.69, 9.17) is 0 Å². The average Bonchev–Trinajstić information content (AvgIpc) is 2.86. The Labute approximate surface area is 96.6 Å². The first-order chi connectivity index (χ1) is 7.20. The van der Waals surface area contributed by atoms with Crippen molar-refractivity contribution in [3.63, 3.8) is 0 Å². The van der Waals surface area contributed by atoms with Gasteiger partial charge in [0.1, 0.15) is 0 Å². The van der Waals surface area contributed by atoms with Crippen molar-refractivity contribution in [2.75, 3.05) is 31.4 Å². The molecule has 0 saturated carbocycles. The standard InChI is InChI=1S/C9H12N4S2/c1-10-8-12-6(5-14-8)7-4-11-9(15-7)13(2)3/h4-5H,1-3H3,(H,10,12). The first kappa shape index (κ1) is 10.4. The summed E-state index contributed by atoms with van der Waals surface area (Å²) in [6.45, 7) is 0. The highest BCUT2D eigenvalue weighted by Crippen LogP contribution is 2.31. The lowest BCUT2D eigenvalue weighted by Gasteiger charge is -2.04. The number of aromatic nitrogens is 2. The molecule has 0 aliphatic rings. The van der Waals surface area contributed by atoms with E-state index in [1.807, 2.05) is 37.6 Å². The number of nitrogens with zero attached hydrogens (tertiary/aromatic N) is 3. The number of hydrogen-bond donors (Lipinski definition) is 1. The van der Waals surface area contributed by atoms with Crippen molar-refractivity contribution in [3.8, 4) is 10.6 Å². The molecule has 0 aliphatic carbocycles. The van der Waals surface area contributed by atoms with E-state index >= 15 is 0 Å². The van der Waals surface area contributed by atoms with E-state index in [1.54, 1.807) is 22.7 Å². The molecule has 6 heteroatoms. The van der Waals surface area contributed by atoms with Gasteiger partial charge >= 0.3 is 0 Å². The lowest BCUT2D eigenvalue weighted by Crippen LogP contribution is -2.07. The molecule has 2 heterocycles. The van der Waals surface area contributed by atoms with Crippen LogP contribution in [-0.4, -0.2) is 31.1 Å². The number of nitrogens with one attached hydrogen (secondary N) is 1. The van der Waals surface area contributed by atoms with Crippen LogP contribution in [0.25, 0.3) is 10.6 Å². The molecule has 2 rings (SSSR count). The molecule has 80 valence electrons. The fraction of sp³-hybridized carbons (Fsp3) is 0.333. The Morgan fingerprint density at radius 2 is 2.20 bits per heavy atom. The summed E-state index contributed by atoms with van der Waals surface area (Å²) in [4.78, 5) is 11.9. The van der Waals surface area contributed by atoms with Crippen LogP contribution in [0.15, 0.2) is 11.6 Å². The summed E-state index contributed by atoms with van der Waals surface area (Å²) >= 11 is 3.25. The van der Waals surface area contributed by atoms with Gasteiger partial charge in [-0.05, 0) is 0 Å². The van der Waals surface area contributed by atoms with E-state index in [-0.39, 0.29) is 0 Å². The Balaban J connectivity index is 2.28. The third-order valence-electron chi connectivity index (χ3n) is 1.85. The number of anilines is 2. The van der Waals surface area contributed by atoms with Crippen molar-refractivity contribution >= 4 is 32.9 Å². The van der Waals surface area contributed by atoms with Crippen molar-refractivity contribution in [1.82, 2.24) is 9.97 Å². The van der Waals surface area contributed by atoms with Gasteiger partial charge in [-0.15, -0.1) is 11.3 Å². The molecule has 0 spiro atoms. The zero-order valence-electron chi connectivity index (χ0n) is 8.81. The summed E-state index contributed by atoms with van der Waals surface area (Å²) in [5, 5.41) is 7.01. The quantitative estimate of drug-likeness (QED) is 0.894. The van der Waals surface area contributed by atoms with Crippen molar-refractivity contribution in [2.24, 2.45) is 0 Å². The van der Waals surface area contributed by atoms with Gasteiger partial charge in [0.2, 0.25) is 0 Å². The lowest BCUT2D eigenvalue weighted by atomic mass is 10.4. The normalized spacial score (nSPS) is 10.3. The summed E-state index contributed by atoms with van der Waals surface area (Å²) in [5.74, 6) is 0. The van der Waals surface area contributed by atoms with Crippen LogP contribution < -0.4 is 10.2 Å². The van der Waals surface area contributed by atoms with Crippen molar-refractivity contribution in [1.29, 1.82) is 0 Å². The molecule has 2 aromatic heterocycles. The highest BCUT2D eigenvalue weighted by molar-refractivity contribution is 7.19. The molecule has 1 N–H and O–H groups in total. The molecule has 0 aliphatic heterocycles. The second-order valence-corrected chi connectivity index (χ2v) is 5.06.